The van der Waals surface area contributed by atoms with E-state index in [2.05, 4.69) is 0 Å². The smallest absolute Gasteiger partial charge is 0.308 e. The second-order valence-corrected chi connectivity index (χ2v) is 5.30. The Morgan fingerprint density at radius 3 is 2.63 bits per heavy atom. The first-order chi connectivity index (χ1) is 8.99. The third-order valence-corrected chi connectivity index (χ3v) is 3.38. The van der Waals surface area contributed by atoms with Crippen molar-refractivity contribution in [1.82, 2.24) is 0 Å². The van der Waals surface area contributed by atoms with Gasteiger partial charge in [0.05, 0.1) is 5.92 Å². The summed E-state index contributed by atoms with van der Waals surface area (Å²) in [5.74, 6) is -1.30. The Morgan fingerprint density at radius 1 is 1.42 bits per heavy atom. The molecule has 1 fully saturated rings. The number of nitrogens with zero attached hydrogens (tertiary/aromatic N) is 1. The summed E-state index contributed by atoms with van der Waals surface area (Å²) in [5.41, 5.74) is 1.86. The van der Waals surface area contributed by atoms with E-state index in [1.54, 1.807) is 11.8 Å². The maximum Gasteiger partial charge on any atom is 0.308 e. The summed E-state index contributed by atoms with van der Waals surface area (Å²) in [4.78, 5) is 24.9. The fourth-order valence-electron chi connectivity index (χ4n) is 2.02. The number of carbonyl (C=O) groups excluding carboxylic acids is 1. The topological polar surface area (TPSA) is 57.6 Å². The maximum absolute atomic E-state index is 12.3. The van der Waals surface area contributed by atoms with Crippen LogP contribution in [0.1, 0.15) is 25.3 Å². The molecule has 19 heavy (non-hydrogen) atoms. The van der Waals surface area contributed by atoms with E-state index < -0.39 is 11.9 Å². The molecule has 0 aliphatic heterocycles. The molecule has 1 aliphatic carbocycles. The molecular weight excluding hydrogens is 242 g/mol. The fraction of sp³-hybridized carbons (Fsp3) is 0.467. The second kappa shape index (κ2) is 5.43. The molecule has 1 atom stereocenters. The van der Waals surface area contributed by atoms with Crippen molar-refractivity contribution >= 4 is 17.6 Å². The van der Waals surface area contributed by atoms with Crippen molar-refractivity contribution in [2.24, 2.45) is 11.8 Å². The molecule has 1 unspecified atom stereocenters. The molecule has 1 aliphatic rings. The van der Waals surface area contributed by atoms with Crippen LogP contribution in [0, 0.1) is 18.8 Å². The molecular formula is C15H19NO3. The molecule has 0 saturated heterocycles. The lowest BCUT2D eigenvalue weighted by molar-refractivity contribution is -0.140. The van der Waals surface area contributed by atoms with Gasteiger partial charge in [-0.15, -0.1) is 0 Å². The van der Waals surface area contributed by atoms with Crippen LogP contribution >= 0.6 is 0 Å². The van der Waals surface area contributed by atoms with Gasteiger partial charge in [-0.05, 0) is 37.5 Å². The van der Waals surface area contributed by atoms with Crippen LogP contribution in [0.3, 0.4) is 0 Å². The zero-order valence-electron chi connectivity index (χ0n) is 11.3. The van der Waals surface area contributed by atoms with Crippen molar-refractivity contribution in [3.63, 3.8) is 0 Å². The van der Waals surface area contributed by atoms with Gasteiger partial charge in [0.1, 0.15) is 0 Å². The Morgan fingerprint density at radius 2 is 2.11 bits per heavy atom. The number of benzene rings is 1. The maximum atomic E-state index is 12.3. The van der Waals surface area contributed by atoms with Gasteiger partial charge in [0.25, 0.3) is 0 Å². The van der Waals surface area contributed by atoms with E-state index in [1.807, 2.05) is 31.2 Å². The zero-order valence-corrected chi connectivity index (χ0v) is 11.3. The minimum Gasteiger partial charge on any atom is -0.481 e. The number of aryl methyl sites for hydroxylation is 1. The molecule has 0 bridgehead atoms. The summed E-state index contributed by atoms with van der Waals surface area (Å²) < 4.78 is 0. The van der Waals surface area contributed by atoms with Crippen molar-refractivity contribution in [3.8, 4) is 0 Å². The van der Waals surface area contributed by atoms with E-state index in [1.165, 1.54) is 0 Å². The number of carboxylic acids is 1. The normalized spacial score (nSPS) is 15.9. The number of carboxylic acid groups (broad SMARTS) is 1. The minimum absolute atomic E-state index is 0.0544. The van der Waals surface area contributed by atoms with E-state index in [4.69, 9.17) is 5.11 Å². The molecule has 1 N–H and O–H groups in total. The Hall–Kier alpha value is -1.84. The number of hydrogen-bond acceptors (Lipinski definition) is 2. The van der Waals surface area contributed by atoms with Crippen LogP contribution in [-0.4, -0.2) is 23.5 Å². The lowest BCUT2D eigenvalue weighted by Gasteiger charge is -2.25. The van der Waals surface area contributed by atoms with Gasteiger partial charge in [0.15, 0.2) is 0 Å². The van der Waals surface area contributed by atoms with Gasteiger partial charge in [-0.2, -0.15) is 0 Å². The van der Waals surface area contributed by atoms with Crippen LogP contribution in [0.4, 0.5) is 5.69 Å². The van der Waals surface area contributed by atoms with Crippen LogP contribution in [-0.2, 0) is 9.59 Å². The standard InChI is InChI=1S/C15H19NO3/c1-10-4-3-5-13(8-10)16(9-11(2)15(18)19)14(17)12-6-7-12/h3-5,8,11-12H,6-7,9H2,1-2H3,(H,18,19). The molecule has 1 aromatic rings. The summed E-state index contributed by atoms with van der Waals surface area (Å²) in [6.45, 7) is 3.82. The van der Waals surface area contributed by atoms with E-state index in [0.717, 1.165) is 24.1 Å². The van der Waals surface area contributed by atoms with E-state index in [-0.39, 0.29) is 18.4 Å². The molecule has 1 amide bonds. The average molecular weight is 261 g/mol. The highest BCUT2D eigenvalue weighted by molar-refractivity contribution is 5.97. The highest BCUT2D eigenvalue weighted by atomic mass is 16.4. The minimum atomic E-state index is -0.874. The third kappa shape index (κ3) is 3.34. The van der Waals surface area contributed by atoms with Crippen LogP contribution < -0.4 is 4.90 Å². The van der Waals surface area contributed by atoms with Crippen molar-refractivity contribution < 1.29 is 14.7 Å². The summed E-state index contributed by atoms with van der Waals surface area (Å²) in [6.07, 6.45) is 1.84. The monoisotopic (exact) mass is 261 g/mol. The molecule has 1 saturated carbocycles. The first-order valence-electron chi connectivity index (χ1n) is 6.60. The summed E-state index contributed by atoms with van der Waals surface area (Å²) in [5, 5.41) is 9.03. The molecule has 4 nitrogen and oxygen atoms in total. The van der Waals surface area contributed by atoms with Crippen LogP contribution in [0.15, 0.2) is 24.3 Å². The Bertz CT molecular complexity index is 494. The SMILES string of the molecule is Cc1cccc(N(CC(C)C(=O)O)C(=O)C2CC2)c1. The van der Waals surface area contributed by atoms with E-state index >= 15 is 0 Å². The summed E-state index contributed by atoms with van der Waals surface area (Å²) in [7, 11) is 0. The number of amides is 1. The van der Waals surface area contributed by atoms with Gasteiger partial charge >= 0.3 is 5.97 Å². The Balaban J connectivity index is 2.23. The van der Waals surface area contributed by atoms with E-state index in [0.29, 0.717) is 0 Å². The molecule has 0 radical (unpaired) electrons. The van der Waals surface area contributed by atoms with Gasteiger partial charge in [0, 0.05) is 18.2 Å². The highest BCUT2D eigenvalue weighted by Gasteiger charge is 2.35. The van der Waals surface area contributed by atoms with Gasteiger partial charge in [0.2, 0.25) is 5.91 Å². The number of aliphatic carboxylic acids is 1. The van der Waals surface area contributed by atoms with Crippen LogP contribution in [0.2, 0.25) is 0 Å². The van der Waals surface area contributed by atoms with Crippen molar-refractivity contribution in [3.05, 3.63) is 29.8 Å². The molecule has 0 spiro atoms. The molecule has 0 aromatic heterocycles. The summed E-state index contributed by atoms with van der Waals surface area (Å²) >= 11 is 0. The lowest BCUT2D eigenvalue weighted by Crippen LogP contribution is -2.38. The van der Waals surface area contributed by atoms with Gasteiger partial charge in [-0.25, -0.2) is 0 Å². The lowest BCUT2D eigenvalue weighted by atomic mass is 10.1. The number of hydrogen-bond donors (Lipinski definition) is 1. The predicted octanol–water partition coefficient (Wildman–Crippen LogP) is 2.46. The van der Waals surface area contributed by atoms with Crippen molar-refractivity contribution in [2.45, 2.75) is 26.7 Å². The number of rotatable bonds is 5. The molecule has 1 aromatic carbocycles. The number of carbonyl (C=O) groups is 2. The molecule has 4 heteroatoms. The van der Waals surface area contributed by atoms with Crippen molar-refractivity contribution in [2.75, 3.05) is 11.4 Å². The molecule has 102 valence electrons. The van der Waals surface area contributed by atoms with Gasteiger partial charge < -0.3 is 10.0 Å². The summed E-state index contributed by atoms with van der Waals surface area (Å²) in [6, 6.07) is 7.64. The fourth-order valence-corrected chi connectivity index (χ4v) is 2.02. The van der Waals surface area contributed by atoms with Crippen LogP contribution in [0.25, 0.3) is 0 Å². The first-order valence-corrected chi connectivity index (χ1v) is 6.60. The Kier molecular flexibility index (Phi) is 3.88. The third-order valence-electron chi connectivity index (χ3n) is 3.38. The van der Waals surface area contributed by atoms with Gasteiger partial charge in [-0.3, -0.25) is 9.59 Å². The quantitative estimate of drug-likeness (QED) is 0.885. The number of anilines is 1. The van der Waals surface area contributed by atoms with E-state index in [9.17, 15) is 9.59 Å². The largest absolute Gasteiger partial charge is 0.481 e. The average Bonchev–Trinajstić information content (AvgIpc) is 3.18. The second-order valence-electron chi connectivity index (χ2n) is 5.30. The van der Waals surface area contributed by atoms with Crippen molar-refractivity contribution in [1.29, 1.82) is 0 Å². The highest BCUT2D eigenvalue weighted by Crippen LogP contribution is 2.33. The predicted molar refractivity (Wildman–Crippen MR) is 73.1 cm³/mol. The first kappa shape index (κ1) is 13.6. The zero-order chi connectivity index (χ0) is 14.0. The van der Waals surface area contributed by atoms with Gasteiger partial charge in [-0.1, -0.05) is 19.1 Å². The molecule has 2 rings (SSSR count). The van der Waals surface area contributed by atoms with Crippen LogP contribution in [0.5, 0.6) is 0 Å². The Labute approximate surface area is 113 Å². The molecule has 0 heterocycles.